The molecule has 0 atom stereocenters. The van der Waals surface area contributed by atoms with Gasteiger partial charge >= 0.3 is 0 Å². The van der Waals surface area contributed by atoms with Crippen LogP contribution in [0, 0.1) is 5.92 Å². The van der Waals surface area contributed by atoms with E-state index in [9.17, 15) is 9.59 Å². The zero-order valence-electron chi connectivity index (χ0n) is 7.54. The summed E-state index contributed by atoms with van der Waals surface area (Å²) in [6.07, 6.45) is 3.12. The topological polar surface area (TPSA) is 60.2 Å². The minimum absolute atomic E-state index is 0.101. The van der Waals surface area contributed by atoms with Gasteiger partial charge in [0.25, 0.3) is 0 Å². The van der Waals surface area contributed by atoms with E-state index in [0.717, 1.165) is 0 Å². The Balaban J connectivity index is 0.000000561. The standard InChI is InChI=1S/C7H9NO2.C2H6/c8-4-3-5-6(9)1-2-7(5)10;1-2/h1-2,5H,3-4,8H2;1-2H3. The number of ketones is 2. The van der Waals surface area contributed by atoms with E-state index in [1.807, 2.05) is 13.8 Å². The van der Waals surface area contributed by atoms with Crippen LogP contribution in [-0.2, 0) is 9.59 Å². The highest BCUT2D eigenvalue weighted by atomic mass is 16.2. The Morgan fingerprint density at radius 3 is 2.00 bits per heavy atom. The molecule has 0 amide bonds. The van der Waals surface area contributed by atoms with Crippen LogP contribution in [0.15, 0.2) is 12.2 Å². The van der Waals surface area contributed by atoms with Crippen molar-refractivity contribution >= 4 is 11.6 Å². The van der Waals surface area contributed by atoms with Crippen molar-refractivity contribution in [2.24, 2.45) is 11.7 Å². The van der Waals surface area contributed by atoms with Gasteiger partial charge in [-0.2, -0.15) is 0 Å². The van der Waals surface area contributed by atoms with Crippen molar-refractivity contribution in [2.45, 2.75) is 20.3 Å². The number of allylic oxidation sites excluding steroid dienone is 2. The number of nitrogens with two attached hydrogens (primary N) is 1. The van der Waals surface area contributed by atoms with E-state index < -0.39 is 5.92 Å². The molecule has 0 saturated heterocycles. The van der Waals surface area contributed by atoms with Gasteiger partial charge in [-0.15, -0.1) is 0 Å². The lowest BCUT2D eigenvalue weighted by molar-refractivity contribution is -0.125. The molecular formula is C9H15NO2. The number of hydrogen-bond donors (Lipinski definition) is 1. The second-order valence-corrected chi connectivity index (χ2v) is 2.27. The summed E-state index contributed by atoms with van der Waals surface area (Å²) in [6, 6.07) is 0. The molecule has 1 aliphatic rings. The first kappa shape index (κ1) is 11.0. The van der Waals surface area contributed by atoms with Crippen molar-refractivity contribution in [3.63, 3.8) is 0 Å². The highest BCUT2D eigenvalue weighted by Crippen LogP contribution is 2.13. The first-order valence-electron chi connectivity index (χ1n) is 4.21. The summed E-state index contributed by atoms with van der Waals surface area (Å²) in [5.74, 6) is -0.670. The van der Waals surface area contributed by atoms with Crippen LogP contribution in [0.4, 0.5) is 0 Å². The maximum atomic E-state index is 10.8. The van der Waals surface area contributed by atoms with E-state index in [2.05, 4.69) is 0 Å². The predicted molar refractivity (Wildman–Crippen MR) is 47.7 cm³/mol. The zero-order valence-corrected chi connectivity index (χ0v) is 7.54. The highest BCUT2D eigenvalue weighted by Gasteiger charge is 2.26. The Bertz CT molecular complexity index is 179. The van der Waals surface area contributed by atoms with Crippen molar-refractivity contribution < 1.29 is 9.59 Å². The van der Waals surface area contributed by atoms with Crippen LogP contribution in [0.3, 0.4) is 0 Å². The van der Waals surface area contributed by atoms with Crippen LogP contribution in [0.1, 0.15) is 20.3 Å². The van der Waals surface area contributed by atoms with E-state index in [4.69, 9.17) is 5.73 Å². The van der Waals surface area contributed by atoms with Gasteiger partial charge in [0.15, 0.2) is 11.6 Å². The maximum absolute atomic E-state index is 10.8. The quantitative estimate of drug-likeness (QED) is 0.618. The Morgan fingerprint density at radius 2 is 1.67 bits per heavy atom. The third-order valence-electron chi connectivity index (χ3n) is 1.55. The summed E-state index contributed by atoms with van der Waals surface area (Å²) in [4.78, 5) is 21.6. The first-order valence-corrected chi connectivity index (χ1v) is 4.21. The average Bonchev–Trinajstić information content (AvgIpc) is 2.40. The minimum Gasteiger partial charge on any atom is -0.330 e. The van der Waals surface area contributed by atoms with Gasteiger partial charge < -0.3 is 5.73 Å². The Labute approximate surface area is 72.6 Å². The number of carbonyl (C=O) groups is 2. The molecule has 1 rings (SSSR count). The van der Waals surface area contributed by atoms with Crippen LogP contribution in [0.5, 0.6) is 0 Å². The molecule has 0 aromatic rings. The third kappa shape index (κ3) is 2.58. The van der Waals surface area contributed by atoms with Gasteiger partial charge in [0.05, 0.1) is 5.92 Å². The van der Waals surface area contributed by atoms with Gasteiger partial charge in [0, 0.05) is 0 Å². The van der Waals surface area contributed by atoms with Gasteiger partial charge in [-0.25, -0.2) is 0 Å². The fraction of sp³-hybridized carbons (Fsp3) is 0.556. The third-order valence-corrected chi connectivity index (χ3v) is 1.55. The zero-order chi connectivity index (χ0) is 9.56. The predicted octanol–water partition coefficient (Wildman–Crippen LogP) is 0.686. The summed E-state index contributed by atoms with van der Waals surface area (Å²) >= 11 is 0. The van der Waals surface area contributed by atoms with Crippen LogP contribution >= 0.6 is 0 Å². The normalized spacial score (nSPS) is 16.2. The molecule has 0 aromatic carbocycles. The molecule has 68 valence electrons. The van der Waals surface area contributed by atoms with Crippen LogP contribution in [0.2, 0.25) is 0 Å². The monoisotopic (exact) mass is 169 g/mol. The van der Waals surface area contributed by atoms with Gasteiger partial charge in [-0.1, -0.05) is 13.8 Å². The van der Waals surface area contributed by atoms with E-state index in [0.29, 0.717) is 13.0 Å². The van der Waals surface area contributed by atoms with Crippen molar-refractivity contribution in [3.8, 4) is 0 Å². The average molecular weight is 169 g/mol. The molecule has 0 radical (unpaired) electrons. The van der Waals surface area contributed by atoms with E-state index in [1.165, 1.54) is 12.2 Å². The molecule has 0 aromatic heterocycles. The minimum atomic E-state index is -0.468. The summed E-state index contributed by atoms with van der Waals surface area (Å²) in [5.41, 5.74) is 5.20. The highest BCUT2D eigenvalue weighted by molar-refractivity contribution is 6.18. The lowest BCUT2D eigenvalue weighted by atomic mass is 10.0. The van der Waals surface area contributed by atoms with Crippen LogP contribution < -0.4 is 5.73 Å². The molecule has 12 heavy (non-hydrogen) atoms. The number of carbonyl (C=O) groups excluding carboxylic acids is 2. The Morgan fingerprint density at radius 1 is 1.25 bits per heavy atom. The van der Waals surface area contributed by atoms with E-state index in [-0.39, 0.29) is 11.6 Å². The fourth-order valence-electron chi connectivity index (χ4n) is 0.988. The molecular weight excluding hydrogens is 154 g/mol. The molecule has 2 N–H and O–H groups in total. The van der Waals surface area contributed by atoms with Crippen LogP contribution in [0.25, 0.3) is 0 Å². The second-order valence-electron chi connectivity index (χ2n) is 2.27. The molecule has 0 heterocycles. The molecule has 1 aliphatic carbocycles. The molecule has 0 bridgehead atoms. The molecule has 0 saturated carbocycles. The number of hydrogen-bond acceptors (Lipinski definition) is 3. The smallest absolute Gasteiger partial charge is 0.166 e. The summed E-state index contributed by atoms with van der Waals surface area (Å²) in [6.45, 7) is 4.39. The SMILES string of the molecule is CC.NCCC1C(=O)C=CC1=O. The largest absolute Gasteiger partial charge is 0.330 e. The lowest BCUT2D eigenvalue weighted by Crippen LogP contribution is -2.19. The van der Waals surface area contributed by atoms with E-state index in [1.54, 1.807) is 0 Å². The summed E-state index contributed by atoms with van der Waals surface area (Å²) < 4.78 is 0. The van der Waals surface area contributed by atoms with Gasteiger partial charge in [-0.3, -0.25) is 9.59 Å². The van der Waals surface area contributed by atoms with Gasteiger partial charge in [0.1, 0.15) is 0 Å². The van der Waals surface area contributed by atoms with Crippen molar-refractivity contribution in [2.75, 3.05) is 6.54 Å². The molecule has 0 aliphatic heterocycles. The summed E-state index contributed by atoms with van der Waals surface area (Å²) in [7, 11) is 0. The van der Waals surface area contributed by atoms with Gasteiger partial charge in [0.2, 0.25) is 0 Å². The Hall–Kier alpha value is -0.960. The number of rotatable bonds is 2. The Kier molecular flexibility index (Phi) is 5.21. The summed E-state index contributed by atoms with van der Waals surface area (Å²) in [5, 5.41) is 0. The fourth-order valence-corrected chi connectivity index (χ4v) is 0.988. The lowest BCUT2D eigenvalue weighted by Gasteiger charge is -2.01. The molecule has 3 nitrogen and oxygen atoms in total. The van der Waals surface area contributed by atoms with Crippen molar-refractivity contribution in [1.29, 1.82) is 0 Å². The van der Waals surface area contributed by atoms with Crippen molar-refractivity contribution in [1.82, 2.24) is 0 Å². The molecule has 0 unspecified atom stereocenters. The molecule has 0 spiro atoms. The second kappa shape index (κ2) is 5.66. The molecule has 0 fully saturated rings. The first-order chi connectivity index (χ1) is 5.75. The maximum Gasteiger partial charge on any atom is 0.166 e. The van der Waals surface area contributed by atoms with E-state index >= 15 is 0 Å². The molecule has 3 heteroatoms. The van der Waals surface area contributed by atoms with Crippen LogP contribution in [-0.4, -0.2) is 18.1 Å². The van der Waals surface area contributed by atoms with Crippen molar-refractivity contribution in [3.05, 3.63) is 12.2 Å². The van der Waals surface area contributed by atoms with Gasteiger partial charge in [-0.05, 0) is 25.1 Å².